The van der Waals surface area contributed by atoms with Crippen LogP contribution in [0, 0.1) is 0 Å². The molecule has 0 amide bonds. The Kier molecular flexibility index (Phi) is 5.53. The zero-order chi connectivity index (χ0) is 20.3. The Balaban J connectivity index is 1.46. The number of thioether (sulfide) groups is 1. The minimum atomic E-state index is 0.702. The van der Waals surface area contributed by atoms with Crippen LogP contribution in [0.25, 0.3) is 21.6 Å². The average Bonchev–Trinajstić information content (AvgIpc) is 3.37. The van der Waals surface area contributed by atoms with Gasteiger partial charge in [0.2, 0.25) is 0 Å². The fraction of sp³-hybridized carbons (Fsp3) is 0.0870. The Hall–Kier alpha value is -2.67. The molecular formula is C23H17ClN4S2. The summed E-state index contributed by atoms with van der Waals surface area (Å²) in [7, 11) is 0. The predicted octanol–water partition coefficient (Wildman–Crippen LogP) is 6.55. The zero-order valence-corrected chi connectivity index (χ0v) is 18.3. The molecule has 0 saturated carbocycles. The van der Waals surface area contributed by atoms with E-state index in [4.69, 9.17) is 16.6 Å². The van der Waals surface area contributed by atoms with Crippen LogP contribution in [0.3, 0.4) is 0 Å². The molecule has 5 rings (SSSR count). The van der Waals surface area contributed by atoms with Crippen molar-refractivity contribution in [1.82, 2.24) is 19.7 Å². The highest BCUT2D eigenvalue weighted by Crippen LogP contribution is 2.30. The second kappa shape index (κ2) is 8.60. The van der Waals surface area contributed by atoms with Crippen LogP contribution in [0.15, 0.2) is 84.0 Å². The number of halogens is 1. The van der Waals surface area contributed by atoms with Crippen LogP contribution in [-0.2, 0) is 12.3 Å². The minimum Gasteiger partial charge on any atom is -0.298 e. The van der Waals surface area contributed by atoms with Crippen molar-refractivity contribution in [2.24, 2.45) is 0 Å². The van der Waals surface area contributed by atoms with Crippen molar-refractivity contribution in [3.63, 3.8) is 0 Å². The fourth-order valence-electron chi connectivity index (χ4n) is 3.22. The highest BCUT2D eigenvalue weighted by atomic mass is 35.5. The van der Waals surface area contributed by atoms with Crippen LogP contribution < -0.4 is 0 Å². The molecule has 4 nitrogen and oxygen atoms in total. The van der Waals surface area contributed by atoms with Gasteiger partial charge in [-0.25, -0.2) is 4.98 Å². The van der Waals surface area contributed by atoms with Crippen molar-refractivity contribution in [2.75, 3.05) is 0 Å². The topological polar surface area (TPSA) is 43.6 Å². The molecule has 148 valence electrons. The lowest BCUT2D eigenvalue weighted by Gasteiger charge is -2.10. The van der Waals surface area contributed by atoms with Gasteiger partial charge in [0.25, 0.3) is 0 Å². The van der Waals surface area contributed by atoms with E-state index in [-0.39, 0.29) is 0 Å². The van der Waals surface area contributed by atoms with E-state index in [1.807, 2.05) is 42.5 Å². The molecule has 0 aliphatic rings. The lowest BCUT2D eigenvalue weighted by molar-refractivity contribution is 0.714. The Labute approximate surface area is 187 Å². The molecule has 0 N–H and O–H groups in total. The second-order valence-corrected chi connectivity index (χ2v) is 9.24. The highest BCUT2D eigenvalue weighted by molar-refractivity contribution is 7.98. The largest absolute Gasteiger partial charge is 0.298 e. The van der Waals surface area contributed by atoms with E-state index >= 15 is 0 Å². The monoisotopic (exact) mass is 448 g/mol. The van der Waals surface area contributed by atoms with E-state index in [0.29, 0.717) is 11.6 Å². The number of aromatic nitrogens is 4. The quantitative estimate of drug-likeness (QED) is 0.276. The van der Waals surface area contributed by atoms with Crippen molar-refractivity contribution < 1.29 is 0 Å². The first-order valence-corrected chi connectivity index (χ1v) is 11.6. The van der Waals surface area contributed by atoms with Crippen LogP contribution >= 0.6 is 34.7 Å². The first-order valence-electron chi connectivity index (χ1n) is 9.46. The van der Waals surface area contributed by atoms with Crippen LogP contribution in [0.1, 0.15) is 10.6 Å². The number of benzene rings is 3. The fourth-order valence-corrected chi connectivity index (χ4v) is 5.25. The van der Waals surface area contributed by atoms with Crippen molar-refractivity contribution in [3.05, 3.63) is 94.5 Å². The summed E-state index contributed by atoms with van der Waals surface area (Å²) >= 11 is 9.46. The van der Waals surface area contributed by atoms with Crippen molar-refractivity contribution in [3.8, 4) is 11.4 Å². The molecule has 7 heteroatoms. The SMILES string of the molecule is Clc1ccc(-c2nnc(SCc3nc4ccccc4s3)n2Cc2ccccc2)cc1. The maximum atomic E-state index is 6.07. The van der Waals surface area contributed by atoms with Crippen LogP contribution in [-0.4, -0.2) is 19.7 Å². The number of hydrogen-bond donors (Lipinski definition) is 0. The van der Waals surface area contributed by atoms with Crippen LogP contribution in [0.4, 0.5) is 0 Å². The zero-order valence-electron chi connectivity index (χ0n) is 15.9. The maximum absolute atomic E-state index is 6.07. The third kappa shape index (κ3) is 4.12. The minimum absolute atomic E-state index is 0.702. The molecule has 2 heterocycles. The van der Waals surface area contributed by atoms with Gasteiger partial charge in [-0.05, 0) is 42.0 Å². The Morgan fingerprint density at radius 2 is 1.63 bits per heavy atom. The summed E-state index contributed by atoms with van der Waals surface area (Å²) in [5, 5.41) is 11.7. The van der Waals surface area contributed by atoms with Gasteiger partial charge in [-0.1, -0.05) is 65.8 Å². The van der Waals surface area contributed by atoms with Crippen molar-refractivity contribution >= 4 is 44.9 Å². The molecular weight excluding hydrogens is 432 g/mol. The standard InChI is InChI=1S/C23H17ClN4S2/c24-18-12-10-17(11-13-18)22-26-27-23(28(22)14-16-6-2-1-3-7-16)29-15-21-25-19-8-4-5-9-20(19)30-21/h1-13H,14-15H2. The van der Waals surface area contributed by atoms with E-state index in [9.17, 15) is 0 Å². The van der Waals surface area contributed by atoms with E-state index in [0.717, 1.165) is 32.8 Å². The van der Waals surface area contributed by atoms with Gasteiger partial charge in [0, 0.05) is 10.6 Å². The normalized spacial score (nSPS) is 11.2. The number of para-hydroxylation sites is 1. The number of hydrogen-bond acceptors (Lipinski definition) is 5. The lowest BCUT2D eigenvalue weighted by Crippen LogP contribution is -2.04. The Morgan fingerprint density at radius 1 is 0.867 bits per heavy atom. The first-order chi connectivity index (χ1) is 14.8. The summed E-state index contributed by atoms with van der Waals surface area (Å²) in [6, 6.07) is 26.3. The van der Waals surface area contributed by atoms with Gasteiger partial charge < -0.3 is 0 Å². The van der Waals surface area contributed by atoms with Gasteiger partial charge in [0.05, 0.1) is 22.5 Å². The molecule has 30 heavy (non-hydrogen) atoms. The van der Waals surface area contributed by atoms with Gasteiger partial charge in [-0.3, -0.25) is 4.57 Å². The third-order valence-electron chi connectivity index (χ3n) is 4.67. The number of rotatable bonds is 6. The summed E-state index contributed by atoms with van der Waals surface area (Å²) < 4.78 is 3.37. The summed E-state index contributed by atoms with van der Waals surface area (Å²) in [5.41, 5.74) is 3.25. The Morgan fingerprint density at radius 3 is 2.43 bits per heavy atom. The molecule has 0 aliphatic heterocycles. The molecule has 0 atom stereocenters. The van der Waals surface area contributed by atoms with Gasteiger partial charge in [0.1, 0.15) is 5.01 Å². The predicted molar refractivity (Wildman–Crippen MR) is 125 cm³/mol. The number of nitrogens with zero attached hydrogens (tertiary/aromatic N) is 4. The van der Waals surface area contributed by atoms with Crippen molar-refractivity contribution in [1.29, 1.82) is 0 Å². The molecule has 3 aromatic carbocycles. The van der Waals surface area contributed by atoms with E-state index in [1.165, 1.54) is 10.3 Å². The van der Waals surface area contributed by atoms with E-state index in [1.54, 1.807) is 23.1 Å². The van der Waals surface area contributed by atoms with Gasteiger partial charge in [-0.15, -0.1) is 21.5 Å². The number of fused-ring (bicyclic) bond motifs is 1. The van der Waals surface area contributed by atoms with Crippen LogP contribution in [0.2, 0.25) is 5.02 Å². The van der Waals surface area contributed by atoms with Gasteiger partial charge in [-0.2, -0.15) is 0 Å². The molecule has 0 spiro atoms. The molecule has 2 aromatic heterocycles. The average molecular weight is 449 g/mol. The summed E-state index contributed by atoms with van der Waals surface area (Å²) in [5.74, 6) is 1.59. The van der Waals surface area contributed by atoms with Gasteiger partial charge in [0.15, 0.2) is 11.0 Å². The summed E-state index contributed by atoms with van der Waals surface area (Å²) in [4.78, 5) is 4.74. The third-order valence-corrected chi connectivity index (χ3v) is 7.11. The smallest absolute Gasteiger partial charge is 0.192 e. The summed E-state index contributed by atoms with van der Waals surface area (Å²) in [6.45, 7) is 0.702. The molecule has 0 saturated heterocycles. The van der Waals surface area contributed by atoms with E-state index < -0.39 is 0 Å². The maximum Gasteiger partial charge on any atom is 0.192 e. The Bertz CT molecular complexity index is 1250. The molecule has 0 fully saturated rings. The molecule has 0 radical (unpaired) electrons. The molecule has 0 aliphatic carbocycles. The summed E-state index contributed by atoms with van der Waals surface area (Å²) in [6.07, 6.45) is 0. The highest BCUT2D eigenvalue weighted by Gasteiger charge is 2.16. The first kappa shape index (κ1) is 19.3. The molecule has 0 unspecified atom stereocenters. The molecule has 5 aromatic rings. The second-order valence-electron chi connectivity index (χ2n) is 6.75. The van der Waals surface area contributed by atoms with E-state index in [2.05, 4.69) is 51.2 Å². The molecule has 0 bridgehead atoms. The lowest BCUT2D eigenvalue weighted by atomic mass is 10.2. The van der Waals surface area contributed by atoms with Crippen LogP contribution in [0.5, 0.6) is 0 Å². The van der Waals surface area contributed by atoms with Gasteiger partial charge >= 0.3 is 0 Å². The van der Waals surface area contributed by atoms with Crippen molar-refractivity contribution in [2.45, 2.75) is 17.5 Å². The number of thiazole rings is 1.